The van der Waals surface area contributed by atoms with Crippen molar-refractivity contribution < 1.29 is 24.6 Å². The molecule has 21 heavy (non-hydrogen) atoms. The Morgan fingerprint density at radius 2 is 1.90 bits per heavy atom. The average Bonchev–Trinajstić information content (AvgIpc) is 2.38. The highest BCUT2D eigenvalue weighted by atomic mass is 35.5. The standard InChI is InChI=1S/C12H11Cl2NO5S/c13-6-1-2-7(14)9(3-6)21-5-10(16)15-8(12(19)20)4-11(17)18/h1-3,8H,4-5H2,(H,15,16)(H,17,18)(H,19,20)/t8-/m0/s1. The first-order chi connectivity index (χ1) is 9.79. The first kappa shape index (κ1) is 17.6. The highest BCUT2D eigenvalue weighted by molar-refractivity contribution is 8.00. The number of hydrogen-bond donors (Lipinski definition) is 3. The Balaban J connectivity index is 2.58. The highest BCUT2D eigenvalue weighted by Crippen LogP contribution is 2.29. The number of rotatable bonds is 7. The second-order valence-corrected chi connectivity index (χ2v) is 5.78. The summed E-state index contributed by atoms with van der Waals surface area (Å²) in [5.74, 6) is -3.43. The van der Waals surface area contributed by atoms with Gasteiger partial charge in [0.2, 0.25) is 5.91 Å². The van der Waals surface area contributed by atoms with E-state index in [1.54, 1.807) is 18.2 Å². The third kappa shape index (κ3) is 6.24. The molecular weight excluding hydrogens is 341 g/mol. The van der Waals surface area contributed by atoms with E-state index in [9.17, 15) is 14.4 Å². The van der Waals surface area contributed by atoms with Crippen LogP contribution in [-0.4, -0.2) is 39.9 Å². The summed E-state index contributed by atoms with van der Waals surface area (Å²) in [6.07, 6.45) is -0.691. The molecule has 0 saturated carbocycles. The second kappa shape index (κ2) is 8.11. The largest absolute Gasteiger partial charge is 0.481 e. The van der Waals surface area contributed by atoms with Crippen molar-refractivity contribution >= 4 is 52.8 Å². The van der Waals surface area contributed by atoms with E-state index in [4.69, 9.17) is 33.4 Å². The Hall–Kier alpha value is -1.44. The summed E-state index contributed by atoms with van der Waals surface area (Å²) in [5.41, 5.74) is 0. The molecule has 9 heteroatoms. The molecule has 1 aromatic rings. The number of benzene rings is 1. The van der Waals surface area contributed by atoms with Crippen LogP contribution in [-0.2, 0) is 14.4 Å². The third-order valence-corrected chi connectivity index (χ3v) is 4.00. The van der Waals surface area contributed by atoms with Gasteiger partial charge in [-0.05, 0) is 18.2 Å². The molecule has 114 valence electrons. The Morgan fingerprint density at radius 3 is 2.48 bits per heavy atom. The van der Waals surface area contributed by atoms with E-state index >= 15 is 0 Å². The molecule has 0 fully saturated rings. The van der Waals surface area contributed by atoms with Gasteiger partial charge in [0.25, 0.3) is 0 Å². The minimum Gasteiger partial charge on any atom is -0.481 e. The Bertz CT molecular complexity index is 567. The number of hydrogen-bond acceptors (Lipinski definition) is 4. The number of aliphatic carboxylic acids is 2. The first-order valence-electron chi connectivity index (χ1n) is 5.61. The van der Waals surface area contributed by atoms with Gasteiger partial charge in [0.15, 0.2) is 0 Å². The van der Waals surface area contributed by atoms with Crippen molar-refractivity contribution in [3.05, 3.63) is 28.2 Å². The lowest BCUT2D eigenvalue weighted by atomic mass is 10.2. The zero-order chi connectivity index (χ0) is 16.0. The predicted octanol–water partition coefficient (Wildman–Crippen LogP) is 2.13. The zero-order valence-electron chi connectivity index (χ0n) is 10.5. The van der Waals surface area contributed by atoms with Crippen LogP contribution >= 0.6 is 35.0 Å². The SMILES string of the molecule is O=C(O)C[C@H](NC(=O)CSc1cc(Cl)ccc1Cl)C(=O)O. The van der Waals surface area contributed by atoms with Gasteiger partial charge in [-0.25, -0.2) is 4.79 Å². The van der Waals surface area contributed by atoms with Crippen molar-refractivity contribution in [2.45, 2.75) is 17.4 Å². The molecule has 1 rings (SSSR count). The molecule has 0 aliphatic heterocycles. The van der Waals surface area contributed by atoms with Crippen molar-refractivity contribution in [1.82, 2.24) is 5.32 Å². The number of carbonyl (C=O) groups excluding carboxylic acids is 1. The molecular formula is C12H11Cl2NO5S. The van der Waals surface area contributed by atoms with Crippen LogP contribution in [0.2, 0.25) is 10.0 Å². The number of carboxylic acid groups (broad SMARTS) is 2. The van der Waals surface area contributed by atoms with Crippen LogP contribution in [0, 0.1) is 0 Å². The molecule has 0 aliphatic carbocycles. The molecule has 0 saturated heterocycles. The van der Waals surface area contributed by atoms with Gasteiger partial charge in [-0.1, -0.05) is 23.2 Å². The van der Waals surface area contributed by atoms with Gasteiger partial charge < -0.3 is 15.5 Å². The summed E-state index contributed by atoms with van der Waals surface area (Å²) in [6, 6.07) is 3.29. The fourth-order valence-corrected chi connectivity index (χ4v) is 2.65. The summed E-state index contributed by atoms with van der Waals surface area (Å²) in [6.45, 7) is 0. The van der Waals surface area contributed by atoms with E-state index in [1.807, 2.05) is 0 Å². The van der Waals surface area contributed by atoms with E-state index in [0.717, 1.165) is 11.8 Å². The maximum Gasteiger partial charge on any atom is 0.326 e. The number of thioether (sulfide) groups is 1. The summed E-state index contributed by atoms with van der Waals surface area (Å²) >= 11 is 12.8. The van der Waals surface area contributed by atoms with Gasteiger partial charge in [0.1, 0.15) is 6.04 Å². The Kier molecular flexibility index (Phi) is 6.80. The average molecular weight is 352 g/mol. The van der Waals surface area contributed by atoms with Crippen LogP contribution < -0.4 is 5.32 Å². The van der Waals surface area contributed by atoms with E-state index in [1.165, 1.54) is 0 Å². The predicted molar refractivity (Wildman–Crippen MR) is 79.0 cm³/mol. The first-order valence-corrected chi connectivity index (χ1v) is 7.35. The topological polar surface area (TPSA) is 104 Å². The molecule has 1 atom stereocenters. The summed E-state index contributed by atoms with van der Waals surface area (Å²) < 4.78 is 0. The zero-order valence-corrected chi connectivity index (χ0v) is 12.8. The normalized spacial score (nSPS) is 11.7. The Labute approximate surface area is 134 Å². The number of halogens is 2. The van der Waals surface area contributed by atoms with Crippen LogP contribution in [0.25, 0.3) is 0 Å². The lowest BCUT2D eigenvalue weighted by Gasteiger charge is -2.12. The molecule has 0 bridgehead atoms. The lowest BCUT2D eigenvalue weighted by molar-refractivity contribution is -0.147. The van der Waals surface area contributed by atoms with Crippen LogP contribution in [0.5, 0.6) is 0 Å². The van der Waals surface area contributed by atoms with E-state index in [2.05, 4.69) is 5.32 Å². The molecule has 0 radical (unpaired) electrons. The van der Waals surface area contributed by atoms with Gasteiger partial charge in [0, 0.05) is 9.92 Å². The monoisotopic (exact) mass is 351 g/mol. The Morgan fingerprint density at radius 1 is 1.24 bits per heavy atom. The molecule has 0 heterocycles. The number of amides is 1. The third-order valence-electron chi connectivity index (χ3n) is 2.26. The number of nitrogens with one attached hydrogen (secondary N) is 1. The molecule has 1 amide bonds. The second-order valence-electron chi connectivity index (χ2n) is 3.92. The smallest absolute Gasteiger partial charge is 0.326 e. The van der Waals surface area contributed by atoms with E-state index in [-0.39, 0.29) is 5.75 Å². The van der Waals surface area contributed by atoms with Crippen LogP contribution in [0.1, 0.15) is 6.42 Å². The maximum atomic E-state index is 11.6. The minimum absolute atomic E-state index is 0.108. The fourth-order valence-electron chi connectivity index (χ4n) is 1.34. The fraction of sp³-hybridized carbons (Fsp3) is 0.250. The van der Waals surface area contributed by atoms with Crippen molar-refractivity contribution in [3.8, 4) is 0 Å². The van der Waals surface area contributed by atoms with Gasteiger partial charge in [0.05, 0.1) is 17.2 Å². The van der Waals surface area contributed by atoms with Gasteiger partial charge in [-0.2, -0.15) is 0 Å². The number of carboxylic acids is 2. The summed E-state index contributed by atoms with van der Waals surface area (Å²) in [5, 5.41) is 20.4. The lowest BCUT2D eigenvalue weighted by Crippen LogP contribution is -2.43. The van der Waals surface area contributed by atoms with E-state index in [0.29, 0.717) is 14.9 Å². The van der Waals surface area contributed by atoms with Crippen LogP contribution in [0.3, 0.4) is 0 Å². The quantitative estimate of drug-likeness (QED) is 0.650. The van der Waals surface area contributed by atoms with Crippen LogP contribution in [0.15, 0.2) is 23.1 Å². The van der Waals surface area contributed by atoms with Crippen molar-refractivity contribution in [2.75, 3.05) is 5.75 Å². The molecule has 6 nitrogen and oxygen atoms in total. The highest BCUT2D eigenvalue weighted by Gasteiger charge is 2.23. The van der Waals surface area contributed by atoms with Crippen molar-refractivity contribution in [2.24, 2.45) is 0 Å². The summed E-state index contributed by atoms with van der Waals surface area (Å²) in [4.78, 5) is 33.5. The van der Waals surface area contributed by atoms with E-state index < -0.39 is 30.3 Å². The molecule has 0 aromatic heterocycles. The van der Waals surface area contributed by atoms with Gasteiger partial charge >= 0.3 is 11.9 Å². The van der Waals surface area contributed by atoms with Gasteiger partial charge in [-0.15, -0.1) is 11.8 Å². The molecule has 3 N–H and O–H groups in total. The minimum atomic E-state index is -1.47. The number of carbonyl (C=O) groups is 3. The van der Waals surface area contributed by atoms with Gasteiger partial charge in [-0.3, -0.25) is 9.59 Å². The summed E-state index contributed by atoms with van der Waals surface area (Å²) in [7, 11) is 0. The van der Waals surface area contributed by atoms with Crippen LogP contribution in [0.4, 0.5) is 0 Å². The molecule has 0 aliphatic rings. The maximum absolute atomic E-state index is 11.6. The van der Waals surface area contributed by atoms with Crippen molar-refractivity contribution in [3.63, 3.8) is 0 Å². The van der Waals surface area contributed by atoms with Crippen molar-refractivity contribution in [1.29, 1.82) is 0 Å². The molecule has 0 spiro atoms. The molecule has 1 aromatic carbocycles. The molecule has 0 unspecified atom stereocenters.